The van der Waals surface area contributed by atoms with Gasteiger partial charge in [0, 0.05) is 28.9 Å². The summed E-state index contributed by atoms with van der Waals surface area (Å²) in [7, 11) is 0. The minimum Gasteiger partial charge on any atom is -0.368 e. The first-order valence-corrected chi connectivity index (χ1v) is 12.1. The third kappa shape index (κ3) is 6.11. The van der Waals surface area contributed by atoms with Crippen molar-refractivity contribution in [2.75, 3.05) is 11.9 Å². The fourth-order valence-electron chi connectivity index (χ4n) is 4.42. The van der Waals surface area contributed by atoms with Crippen molar-refractivity contribution in [3.8, 4) is 11.1 Å². The largest absolute Gasteiger partial charge is 0.416 e. The van der Waals surface area contributed by atoms with Crippen LogP contribution in [0.4, 0.5) is 19.0 Å². The van der Waals surface area contributed by atoms with Crippen molar-refractivity contribution in [3.63, 3.8) is 0 Å². The number of anilines is 1. The number of benzene rings is 2. The van der Waals surface area contributed by atoms with Gasteiger partial charge in [0.2, 0.25) is 0 Å². The van der Waals surface area contributed by atoms with E-state index in [0.29, 0.717) is 10.9 Å². The van der Waals surface area contributed by atoms with Crippen LogP contribution in [0, 0.1) is 12.8 Å². The lowest BCUT2D eigenvalue weighted by Gasteiger charge is -2.29. The number of halogens is 5. The van der Waals surface area contributed by atoms with Gasteiger partial charge < -0.3 is 10.6 Å². The van der Waals surface area contributed by atoms with Crippen LogP contribution in [0.5, 0.6) is 0 Å². The van der Waals surface area contributed by atoms with E-state index in [0.717, 1.165) is 73.1 Å². The molecule has 1 aliphatic carbocycles. The quantitative estimate of drug-likeness (QED) is 0.321. The number of hydrogen-bond acceptors (Lipinski definition) is 3. The SMILES string of the molecule is Cc1[nH]nc(NCC2CCC(NC(=O)c3cc(C(F)(F)F)ccc3Cl)CC2)c1-c1ccc(Cl)cc1. The van der Waals surface area contributed by atoms with Crippen LogP contribution in [0.3, 0.4) is 0 Å². The van der Waals surface area contributed by atoms with E-state index in [2.05, 4.69) is 20.8 Å². The number of alkyl halides is 3. The molecule has 0 aliphatic heterocycles. The fourth-order valence-corrected chi connectivity index (χ4v) is 4.75. The highest BCUT2D eigenvalue weighted by Crippen LogP contribution is 2.33. The third-order valence-corrected chi connectivity index (χ3v) is 6.94. The van der Waals surface area contributed by atoms with Crippen molar-refractivity contribution >= 4 is 34.9 Å². The monoisotopic (exact) mass is 524 g/mol. The van der Waals surface area contributed by atoms with E-state index in [4.69, 9.17) is 23.2 Å². The van der Waals surface area contributed by atoms with Gasteiger partial charge in [-0.05, 0) is 74.4 Å². The molecule has 1 heterocycles. The van der Waals surface area contributed by atoms with Crippen molar-refractivity contribution in [2.24, 2.45) is 5.92 Å². The Morgan fingerprint density at radius 1 is 1.09 bits per heavy atom. The molecule has 186 valence electrons. The summed E-state index contributed by atoms with van der Waals surface area (Å²) in [6.07, 6.45) is -1.33. The number of nitrogens with one attached hydrogen (secondary N) is 3. The summed E-state index contributed by atoms with van der Waals surface area (Å²) in [6.45, 7) is 2.69. The zero-order valence-electron chi connectivity index (χ0n) is 19.0. The molecule has 1 saturated carbocycles. The van der Waals surface area contributed by atoms with Gasteiger partial charge in [-0.15, -0.1) is 0 Å². The van der Waals surface area contributed by atoms with E-state index < -0.39 is 17.6 Å². The van der Waals surface area contributed by atoms with Crippen LogP contribution in [-0.2, 0) is 6.18 Å². The van der Waals surface area contributed by atoms with Crippen molar-refractivity contribution in [1.82, 2.24) is 15.5 Å². The average molecular weight is 525 g/mol. The molecule has 0 spiro atoms. The maximum Gasteiger partial charge on any atom is 0.416 e. The van der Waals surface area contributed by atoms with E-state index in [1.807, 2.05) is 31.2 Å². The van der Waals surface area contributed by atoms with Crippen LogP contribution in [-0.4, -0.2) is 28.7 Å². The molecule has 4 rings (SSSR count). The number of amides is 1. The highest BCUT2D eigenvalue weighted by Gasteiger charge is 2.32. The molecule has 1 fully saturated rings. The maximum atomic E-state index is 13.0. The van der Waals surface area contributed by atoms with Crippen molar-refractivity contribution in [1.29, 1.82) is 0 Å². The zero-order valence-corrected chi connectivity index (χ0v) is 20.5. The molecule has 35 heavy (non-hydrogen) atoms. The summed E-state index contributed by atoms with van der Waals surface area (Å²) in [4.78, 5) is 12.6. The molecule has 3 aromatic rings. The van der Waals surface area contributed by atoms with E-state index in [1.54, 1.807) is 0 Å². The Balaban J connectivity index is 1.31. The molecule has 1 amide bonds. The summed E-state index contributed by atoms with van der Waals surface area (Å²) >= 11 is 12.0. The predicted octanol–water partition coefficient (Wildman–Crippen LogP) is 7.11. The molecule has 2 aromatic carbocycles. The van der Waals surface area contributed by atoms with E-state index in [1.165, 1.54) is 0 Å². The maximum absolute atomic E-state index is 13.0. The zero-order chi connectivity index (χ0) is 25.2. The van der Waals surface area contributed by atoms with Gasteiger partial charge in [0.1, 0.15) is 0 Å². The minimum atomic E-state index is -4.54. The van der Waals surface area contributed by atoms with Gasteiger partial charge in [-0.1, -0.05) is 35.3 Å². The Hall–Kier alpha value is -2.71. The first kappa shape index (κ1) is 25.4. The molecule has 0 atom stereocenters. The topological polar surface area (TPSA) is 69.8 Å². The van der Waals surface area contributed by atoms with Crippen LogP contribution < -0.4 is 10.6 Å². The molecule has 0 radical (unpaired) electrons. The number of aromatic amines is 1. The minimum absolute atomic E-state index is 0.000765. The molecule has 0 bridgehead atoms. The third-order valence-electron chi connectivity index (χ3n) is 6.36. The molecule has 0 saturated heterocycles. The molecule has 1 aromatic heterocycles. The molecular formula is C25H25Cl2F3N4O. The van der Waals surface area contributed by atoms with Gasteiger partial charge in [0.25, 0.3) is 5.91 Å². The lowest BCUT2D eigenvalue weighted by atomic mass is 9.86. The summed E-state index contributed by atoms with van der Waals surface area (Å²) in [5, 5.41) is 14.4. The Kier molecular flexibility index (Phi) is 7.62. The Morgan fingerprint density at radius 2 is 1.77 bits per heavy atom. The summed E-state index contributed by atoms with van der Waals surface area (Å²) < 4.78 is 39.0. The number of nitrogens with zero attached hydrogens (tertiary/aromatic N) is 1. The van der Waals surface area contributed by atoms with E-state index in [9.17, 15) is 18.0 Å². The summed E-state index contributed by atoms with van der Waals surface area (Å²) in [6, 6.07) is 10.3. The van der Waals surface area contributed by atoms with Gasteiger partial charge in [-0.25, -0.2) is 0 Å². The highest BCUT2D eigenvalue weighted by molar-refractivity contribution is 6.33. The summed E-state index contributed by atoms with van der Waals surface area (Å²) in [5.74, 6) is 0.581. The highest BCUT2D eigenvalue weighted by atomic mass is 35.5. The van der Waals surface area contributed by atoms with Crippen LogP contribution in [0.25, 0.3) is 11.1 Å². The Morgan fingerprint density at radius 3 is 2.43 bits per heavy atom. The lowest BCUT2D eigenvalue weighted by Crippen LogP contribution is -2.38. The second kappa shape index (κ2) is 10.5. The number of aryl methyl sites for hydroxylation is 1. The molecule has 1 aliphatic rings. The number of H-pyrrole nitrogens is 1. The van der Waals surface area contributed by atoms with Gasteiger partial charge in [0.15, 0.2) is 5.82 Å². The standard InChI is InChI=1S/C25H25Cl2F3N4O/c1-14-22(16-4-7-18(26)8-5-16)23(34-33-14)31-13-15-2-9-19(10-3-15)32-24(35)20-12-17(25(28,29)30)6-11-21(20)27/h4-8,11-12,15,19H,2-3,9-10,13H2,1H3,(H,32,35)(H2,31,33,34). The molecule has 5 nitrogen and oxygen atoms in total. The van der Waals surface area contributed by atoms with Crippen LogP contribution >= 0.6 is 23.2 Å². The molecule has 0 unspecified atom stereocenters. The summed E-state index contributed by atoms with van der Waals surface area (Å²) in [5.41, 5.74) is 1.92. The number of carbonyl (C=O) groups excluding carboxylic acids is 1. The number of rotatable bonds is 6. The predicted molar refractivity (Wildman–Crippen MR) is 132 cm³/mol. The average Bonchev–Trinajstić information content (AvgIpc) is 3.19. The number of hydrogen-bond donors (Lipinski definition) is 3. The van der Waals surface area contributed by atoms with E-state index in [-0.39, 0.29) is 16.6 Å². The van der Waals surface area contributed by atoms with Crippen molar-refractivity contribution < 1.29 is 18.0 Å². The van der Waals surface area contributed by atoms with Gasteiger partial charge in [-0.2, -0.15) is 18.3 Å². The molecule has 3 N–H and O–H groups in total. The normalized spacial score (nSPS) is 18.3. The second-order valence-electron chi connectivity index (χ2n) is 8.84. The van der Waals surface area contributed by atoms with Crippen molar-refractivity contribution in [3.05, 3.63) is 69.3 Å². The second-order valence-corrected chi connectivity index (χ2v) is 9.69. The van der Waals surface area contributed by atoms with E-state index >= 15 is 0 Å². The first-order chi connectivity index (χ1) is 16.6. The van der Waals surface area contributed by atoms with Crippen LogP contribution in [0.2, 0.25) is 10.0 Å². The van der Waals surface area contributed by atoms with Gasteiger partial charge in [0.05, 0.1) is 16.1 Å². The van der Waals surface area contributed by atoms with Gasteiger partial charge >= 0.3 is 6.18 Å². The number of carbonyl (C=O) groups is 1. The lowest BCUT2D eigenvalue weighted by molar-refractivity contribution is -0.137. The Bertz CT molecular complexity index is 1190. The fraction of sp³-hybridized carbons (Fsp3) is 0.360. The first-order valence-electron chi connectivity index (χ1n) is 11.3. The van der Waals surface area contributed by atoms with Crippen molar-refractivity contribution in [2.45, 2.75) is 44.8 Å². The number of aromatic nitrogens is 2. The Labute approximate surface area is 211 Å². The molecule has 10 heteroatoms. The van der Waals surface area contributed by atoms with Gasteiger partial charge in [-0.3, -0.25) is 9.89 Å². The van der Waals surface area contributed by atoms with Crippen LogP contribution in [0.15, 0.2) is 42.5 Å². The smallest absolute Gasteiger partial charge is 0.368 e. The molecular weight excluding hydrogens is 500 g/mol. The van der Waals surface area contributed by atoms with Crippen LogP contribution in [0.1, 0.15) is 47.3 Å².